The second-order valence-corrected chi connectivity index (χ2v) is 7.24. The maximum absolute atomic E-state index is 12.4. The van der Waals surface area contributed by atoms with Gasteiger partial charge in [0.2, 0.25) is 0 Å². The van der Waals surface area contributed by atoms with E-state index < -0.39 is 0 Å². The van der Waals surface area contributed by atoms with Crippen LogP contribution in [0.2, 0.25) is 0 Å². The van der Waals surface area contributed by atoms with E-state index in [0.29, 0.717) is 23.6 Å². The van der Waals surface area contributed by atoms with Crippen LogP contribution in [0.25, 0.3) is 0 Å². The second-order valence-electron chi connectivity index (χ2n) is 6.83. The molecule has 2 N–H and O–H groups in total. The van der Waals surface area contributed by atoms with Gasteiger partial charge in [0.25, 0.3) is 5.91 Å². The Morgan fingerprint density at radius 3 is 2.42 bits per heavy atom. The summed E-state index contributed by atoms with van der Waals surface area (Å²) in [5.41, 5.74) is 2.45. The molecule has 1 amide bonds. The SMILES string of the molecule is C=CCOc1ccccc1NC(=S)NC(=O)c1ccc(C(C)(C)C)cc1. The summed E-state index contributed by atoms with van der Waals surface area (Å²) in [6.07, 6.45) is 1.66. The first-order chi connectivity index (χ1) is 12.3. The number of rotatable bonds is 5. The van der Waals surface area contributed by atoms with Crippen LogP contribution in [-0.4, -0.2) is 17.6 Å². The zero-order valence-electron chi connectivity index (χ0n) is 15.3. The first-order valence-corrected chi connectivity index (χ1v) is 8.77. The lowest BCUT2D eigenvalue weighted by molar-refractivity contribution is 0.0977. The van der Waals surface area contributed by atoms with E-state index in [2.05, 4.69) is 38.0 Å². The molecule has 0 spiro atoms. The van der Waals surface area contributed by atoms with Gasteiger partial charge in [-0.25, -0.2) is 0 Å². The summed E-state index contributed by atoms with van der Waals surface area (Å²) < 4.78 is 5.57. The third kappa shape index (κ3) is 5.43. The van der Waals surface area contributed by atoms with E-state index in [1.165, 1.54) is 5.56 Å². The summed E-state index contributed by atoms with van der Waals surface area (Å²) in [6.45, 7) is 10.4. The number of nitrogens with one attached hydrogen (secondary N) is 2. The number of anilines is 1. The molecule has 0 bridgehead atoms. The van der Waals surface area contributed by atoms with Crippen LogP contribution >= 0.6 is 12.2 Å². The normalized spacial score (nSPS) is 10.7. The number of ether oxygens (including phenoxy) is 1. The third-order valence-electron chi connectivity index (χ3n) is 3.73. The third-order valence-corrected chi connectivity index (χ3v) is 3.94. The van der Waals surface area contributed by atoms with Crippen LogP contribution in [0.5, 0.6) is 5.75 Å². The molecule has 2 rings (SSSR count). The van der Waals surface area contributed by atoms with Crippen LogP contribution in [0, 0.1) is 0 Å². The fourth-order valence-corrected chi connectivity index (χ4v) is 2.50. The summed E-state index contributed by atoms with van der Waals surface area (Å²) in [7, 11) is 0. The molecule has 0 atom stereocenters. The number of carbonyl (C=O) groups is 1. The van der Waals surface area contributed by atoms with E-state index in [1.54, 1.807) is 18.2 Å². The zero-order chi connectivity index (χ0) is 19.2. The maximum Gasteiger partial charge on any atom is 0.257 e. The van der Waals surface area contributed by atoms with E-state index in [9.17, 15) is 4.79 Å². The van der Waals surface area contributed by atoms with Crippen molar-refractivity contribution in [1.29, 1.82) is 0 Å². The van der Waals surface area contributed by atoms with Gasteiger partial charge in [-0.1, -0.05) is 57.7 Å². The van der Waals surface area contributed by atoms with Crippen molar-refractivity contribution in [3.8, 4) is 5.75 Å². The molecule has 0 saturated heterocycles. The van der Waals surface area contributed by atoms with Gasteiger partial charge in [-0.2, -0.15) is 0 Å². The van der Waals surface area contributed by atoms with Crippen molar-refractivity contribution in [2.24, 2.45) is 0 Å². The predicted octanol–water partition coefficient (Wildman–Crippen LogP) is 4.68. The van der Waals surface area contributed by atoms with E-state index in [-0.39, 0.29) is 16.4 Å². The largest absolute Gasteiger partial charge is 0.487 e. The Labute approximate surface area is 160 Å². The summed E-state index contributed by atoms with van der Waals surface area (Å²) in [5, 5.41) is 5.90. The summed E-state index contributed by atoms with van der Waals surface area (Å²) >= 11 is 5.25. The smallest absolute Gasteiger partial charge is 0.257 e. The molecule has 0 fully saturated rings. The lowest BCUT2D eigenvalue weighted by Crippen LogP contribution is -2.34. The number of thiocarbonyl (C=S) groups is 1. The van der Waals surface area contributed by atoms with E-state index in [0.717, 1.165) is 0 Å². The molecule has 5 heteroatoms. The molecule has 0 aliphatic heterocycles. The van der Waals surface area contributed by atoms with E-state index >= 15 is 0 Å². The molecule has 0 radical (unpaired) electrons. The number of carbonyl (C=O) groups excluding carboxylic acids is 1. The van der Waals surface area contributed by atoms with Crippen molar-refractivity contribution in [3.05, 3.63) is 72.3 Å². The molecule has 0 aromatic heterocycles. The van der Waals surface area contributed by atoms with Gasteiger partial charge in [0.15, 0.2) is 5.11 Å². The van der Waals surface area contributed by atoms with Crippen LogP contribution in [0.4, 0.5) is 5.69 Å². The lowest BCUT2D eigenvalue weighted by Gasteiger charge is -2.19. The van der Waals surface area contributed by atoms with Crippen LogP contribution in [0.15, 0.2) is 61.2 Å². The van der Waals surface area contributed by atoms with Crippen LogP contribution in [0.3, 0.4) is 0 Å². The number of amides is 1. The van der Waals surface area contributed by atoms with Gasteiger partial charge in [0.1, 0.15) is 12.4 Å². The van der Waals surface area contributed by atoms with E-state index in [4.69, 9.17) is 17.0 Å². The van der Waals surface area contributed by atoms with Gasteiger partial charge in [0.05, 0.1) is 5.69 Å². The highest BCUT2D eigenvalue weighted by atomic mass is 32.1. The molecule has 0 unspecified atom stereocenters. The molecular weight excluding hydrogens is 344 g/mol. The molecule has 0 aliphatic carbocycles. The molecule has 2 aromatic rings. The molecule has 0 heterocycles. The van der Waals surface area contributed by atoms with Gasteiger partial charge in [-0.05, 0) is 47.5 Å². The lowest BCUT2D eigenvalue weighted by atomic mass is 9.87. The predicted molar refractivity (Wildman–Crippen MR) is 111 cm³/mol. The molecule has 0 aliphatic rings. The highest BCUT2D eigenvalue weighted by Crippen LogP contribution is 2.24. The Kier molecular flexibility index (Phi) is 6.52. The van der Waals surface area contributed by atoms with Crippen LogP contribution < -0.4 is 15.4 Å². The van der Waals surface area contributed by atoms with Gasteiger partial charge in [-0.15, -0.1) is 0 Å². The Balaban J connectivity index is 2.02. The number of para-hydroxylation sites is 2. The molecule has 136 valence electrons. The van der Waals surface area contributed by atoms with Crippen molar-refractivity contribution in [3.63, 3.8) is 0 Å². The number of hydrogen-bond donors (Lipinski definition) is 2. The minimum Gasteiger partial charge on any atom is -0.487 e. The first kappa shape index (κ1) is 19.7. The van der Waals surface area contributed by atoms with Crippen LogP contribution in [0.1, 0.15) is 36.7 Å². The fourth-order valence-electron chi connectivity index (χ4n) is 2.29. The Morgan fingerprint density at radius 1 is 1.15 bits per heavy atom. The standard InChI is InChI=1S/C21H24N2O2S/c1-5-14-25-18-9-7-6-8-17(18)22-20(26)23-19(24)15-10-12-16(13-11-15)21(2,3)4/h5-13H,1,14H2,2-4H3,(H2,22,23,24,26). The van der Waals surface area contributed by atoms with Gasteiger partial charge in [0, 0.05) is 5.56 Å². The second kappa shape index (κ2) is 8.63. The number of hydrogen-bond acceptors (Lipinski definition) is 3. The topological polar surface area (TPSA) is 50.4 Å². The highest BCUT2D eigenvalue weighted by molar-refractivity contribution is 7.80. The Morgan fingerprint density at radius 2 is 1.81 bits per heavy atom. The van der Waals surface area contributed by atoms with E-state index in [1.807, 2.05) is 36.4 Å². The summed E-state index contributed by atoms with van der Waals surface area (Å²) in [5.74, 6) is 0.381. The maximum atomic E-state index is 12.4. The van der Waals surface area contributed by atoms with Crippen molar-refractivity contribution >= 4 is 28.9 Å². The molecule has 0 saturated carbocycles. The minimum absolute atomic E-state index is 0.0427. The minimum atomic E-state index is -0.257. The van der Waals surface area contributed by atoms with Gasteiger partial charge in [-0.3, -0.25) is 10.1 Å². The number of benzene rings is 2. The summed E-state index contributed by atoms with van der Waals surface area (Å²) in [4.78, 5) is 12.4. The molecule has 26 heavy (non-hydrogen) atoms. The van der Waals surface area contributed by atoms with Crippen molar-refractivity contribution in [2.45, 2.75) is 26.2 Å². The molecule has 2 aromatic carbocycles. The average molecular weight is 369 g/mol. The molecular formula is C21H24N2O2S. The first-order valence-electron chi connectivity index (χ1n) is 8.37. The fraction of sp³-hybridized carbons (Fsp3) is 0.238. The van der Waals surface area contributed by atoms with Crippen molar-refractivity contribution < 1.29 is 9.53 Å². The van der Waals surface area contributed by atoms with Gasteiger partial charge < -0.3 is 10.1 Å². The van der Waals surface area contributed by atoms with Gasteiger partial charge >= 0.3 is 0 Å². The summed E-state index contributed by atoms with van der Waals surface area (Å²) in [6, 6.07) is 14.9. The Hall–Kier alpha value is -2.66. The quantitative estimate of drug-likeness (QED) is 0.594. The van der Waals surface area contributed by atoms with Crippen LogP contribution in [-0.2, 0) is 5.41 Å². The van der Waals surface area contributed by atoms with Crippen molar-refractivity contribution in [2.75, 3.05) is 11.9 Å². The average Bonchev–Trinajstić information content (AvgIpc) is 2.60. The molecule has 4 nitrogen and oxygen atoms in total. The Bertz CT molecular complexity index is 792. The monoisotopic (exact) mass is 368 g/mol. The highest BCUT2D eigenvalue weighted by Gasteiger charge is 2.15. The van der Waals surface area contributed by atoms with Crippen molar-refractivity contribution in [1.82, 2.24) is 5.32 Å². The zero-order valence-corrected chi connectivity index (χ0v) is 16.2.